The van der Waals surface area contributed by atoms with Gasteiger partial charge in [-0.25, -0.2) is 4.99 Å². The van der Waals surface area contributed by atoms with E-state index in [4.69, 9.17) is 9.47 Å². The monoisotopic (exact) mass is 528 g/mol. The van der Waals surface area contributed by atoms with Crippen molar-refractivity contribution in [3.8, 4) is 5.75 Å². The lowest BCUT2D eigenvalue weighted by molar-refractivity contribution is -0.119. The van der Waals surface area contributed by atoms with E-state index in [1.165, 1.54) is 32.6 Å². The van der Waals surface area contributed by atoms with Crippen molar-refractivity contribution in [1.29, 1.82) is 0 Å². The highest BCUT2D eigenvalue weighted by molar-refractivity contribution is 8.14. The number of benzene rings is 1. The predicted molar refractivity (Wildman–Crippen MR) is 146 cm³/mol. The molecule has 1 unspecified atom stereocenters. The molecule has 2 bridgehead atoms. The Morgan fingerprint density at radius 2 is 2.05 bits per heavy atom. The first kappa shape index (κ1) is 26.4. The predicted octanol–water partition coefficient (Wildman–Crippen LogP) is 4.02. The molecular formula is C28H40N4O4S. The average molecular weight is 529 g/mol. The van der Waals surface area contributed by atoms with E-state index in [-0.39, 0.29) is 16.7 Å². The fraction of sp³-hybridized carbons (Fsp3) is 0.679. The standard InChI is InChI=1S/C28H40N4O4S/c1-19(33)29-10-13-35-24-5-3-4-23(16-24)26(34)32-11-8-20(9-12-32)17-28(2)36-18-30-27(37-28)31-25-15-21-6-7-22(25)14-21/h3-5,16,20-22,25H,6-15,17-18H2,1-2H3,(H,29,33)(H,30,31)/t21-,22+,25+,28?/m1/s1. The first-order valence-electron chi connectivity index (χ1n) is 13.8. The van der Waals surface area contributed by atoms with Crippen molar-refractivity contribution in [2.24, 2.45) is 22.7 Å². The first-order valence-corrected chi connectivity index (χ1v) is 14.6. The number of aliphatic imine (C=N–C) groups is 1. The third kappa shape index (κ3) is 6.79. The zero-order chi connectivity index (χ0) is 25.8. The molecule has 1 aromatic rings. The van der Waals surface area contributed by atoms with Gasteiger partial charge in [-0.1, -0.05) is 24.2 Å². The summed E-state index contributed by atoms with van der Waals surface area (Å²) in [6, 6.07) is 7.90. The molecule has 2 amide bonds. The van der Waals surface area contributed by atoms with Gasteiger partial charge in [-0.15, -0.1) is 0 Å². The van der Waals surface area contributed by atoms with Gasteiger partial charge in [0.15, 0.2) is 5.17 Å². The number of likely N-dealkylation sites (tertiary alicyclic amines) is 1. The minimum Gasteiger partial charge on any atom is -0.492 e. The van der Waals surface area contributed by atoms with Crippen molar-refractivity contribution in [3.63, 3.8) is 0 Å². The van der Waals surface area contributed by atoms with E-state index in [1.807, 2.05) is 23.1 Å². The zero-order valence-corrected chi connectivity index (χ0v) is 22.9. The minimum atomic E-state index is -0.276. The smallest absolute Gasteiger partial charge is 0.253 e. The summed E-state index contributed by atoms with van der Waals surface area (Å²) in [6.45, 7) is 6.41. The molecule has 0 spiro atoms. The molecule has 4 atom stereocenters. The Labute approximate surface area is 224 Å². The molecule has 5 rings (SSSR count). The van der Waals surface area contributed by atoms with Crippen LogP contribution in [0.3, 0.4) is 0 Å². The molecule has 1 aromatic carbocycles. The molecule has 0 radical (unpaired) electrons. The lowest BCUT2D eigenvalue weighted by atomic mass is 9.91. The maximum atomic E-state index is 13.2. The van der Waals surface area contributed by atoms with Gasteiger partial charge in [-0.05, 0) is 81.4 Å². The second-order valence-corrected chi connectivity index (χ2v) is 12.7. The molecule has 2 heterocycles. The van der Waals surface area contributed by atoms with E-state index in [1.54, 1.807) is 17.8 Å². The topological polar surface area (TPSA) is 92.3 Å². The average Bonchev–Trinajstić information content (AvgIpc) is 3.50. The minimum absolute atomic E-state index is 0.0461. The largest absolute Gasteiger partial charge is 0.492 e. The summed E-state index contributed by atoms with van der Waals surface area (Å²) in [5.74, 6) is 2.86. The highest BCUT2D eigenvalue weighted by Crippen LogP contribution is 2.45. The lowest BCUT2D eigenvalue weighted by Crippen LogP contribution is -2.44. The molecular weight excluding hydrogens is 488 g/mol. The van der Waals surface area contributed by atoms with Gasteiger partial charge in [0.25, 0.3) is 5.91 Å². The van der Waals surface area contributed by atoms with Crippen LogP contribution >= 0.6 is 11.8 Å². The Kier molecular flexibility index (Phi) is 8.29. The van der Waals surface area contributed by atoms with E-state index in [2.05, 4.69) is 22.5 Å². The number of hydrogen-bond donors (Lipinski definition) is 2. The quantitative estimate of drug-likeness (QED) is 0.496. The van der Waals surface area contributed by atoms with Crippen LogP contribution in [-0.4, -0.2) is 65.8 Å². The summed E-state index contributed by atoms with van der Waals surface area (Å²) < 4.78 is 11.8. The van der Waals surface area contributed by atoms with Crippen LogP contribution in [-0.2, 0) is 9.53 Å². The number of carbonyl (C=O) groups excluding carboxylic acids is 2. The number of hydrogen-bond acceptors (Lipinski definition) is 7. The Balaban J connectivity index is 1.07. The molecule has 1 saturated heterocycles. The van der Waals surface area contributed by atoms with Gasteiger partial charge >= 0.3 is 0 Å². The van der Waals surface area contributed by atoms with Crippen LogP contribution in [0.4, 0.5) is 0 Å². The summed E-state index contributed by atoms with van der Waals surface area (Å²) >= 11 is 1.76. The Morgan fingerprint density at radius 3 is 2.78 bits per heavy atom. The number of amides is 2. The van der Waals surface area contributed by atoms with Crippen molar-refractivity contribution < 1.29 is 19.1 Å². The summed E-state index contributed by atoms with van der Waals surface area (Å²) in [5, 5.41) is 7.52. The summed E-state index contributed by atoms with van der Waals surface area (Å²) in [5.41, 5.74) is 0.640. The van der Waals surface area contributed by atoms with E-state index in [0.717, 1.165) is 49.4 Å². The van der Waals surface area contributed by atoms with Crippen molar-refractivity contribution in [1.82, 2.24) is 15.5 Å². The molecule has 37 heavy (non-hydrogen) atoms. The van der Waals surface area contributed by atoms with Gasteiger partial charge in [-0.2, -0.15) is 0 Å². The SMILES string of the molecule is CC(=O)NCCOc1cccc(C(=O)N2CCC(CC3(C)OCN=C(N[C@H]4C[C@@H]5CC[C@H]4C5)S3)CC2)c1. The highest BCUT2D eigenvalue weighted by atomic mass is 32.2. The maximum absolute atomic E-state index is 13.2. The van der Waals surface area contributed by atoms with Gasteiger partial charge in [-0.3, -0.25) is 9.59 Å². The molecule has 8 nitrogen and oxygen atoms in total. The number of fused-ring (bicyclic) bond motifs is 2. The molecule has 2 aliphatic heterocycles. The zero-order valence-electron chi connectivity index (χ0n) is 22.0. The molecule has 2 N–H and O–H groups in total. The molecule has 9 heteroatoms. The number of nitrogens with one attached hydrogen (secondary N) is 2. The fourth-order valence-corrected chi connectivity index (χ4v) is 7.58. The highest BCUT2D eigenvalue weighted by Gasteiger charge is 2.42. The van der Waals surface area contributed by atoms with Crippen molar-refractivity contribution in [2.45, 2.75) is 69.8 Å². The molecule has 3 fully saturated rings. The van der Waals surface area contributed by atoms with Crippen molar-refractivity contribution in [3.05, 3.63) is 29.8 Å². The van der Waals surface area contributed by atoms with Crippen LogP contribution in [0.15, 0.2) is 29.3 Å². The third-order valence-corrected chi connectivity index (χ3v) is 9.48. The number of nitrogens with zero attached hydrogens (tertiary/aromatic N) is 2. The second kappa shape index (κ2) is 11.6. The van der Waals surface area contributed by atoms with Gasteiger partial charge in [0, 0.05) is 31.6 Å². The molecule has 202 valence electrons. The summed E-state index contributed by atoms with van der Waals surface area (Å²) in [4.78, 5) is 30.5. The van der Waals surface area contributed by atoms with Crippen molar-refractivity contribution >= 4 is 28.7 Å². The molecule has 2 aliphatic carbocycles. The van der Waals surface area contributed by atoms with E-state index >= 15 is 0 Å². The first-order chi connectivity index (χ1) is 17.9. The van der Waals surface area contributed by atoms with Gasteiger partial charge in [0.2, 0.25) is 5.91 Å². The summed E-state index contributed by atoms with van der Waals surface area (Å²) in [7, 11) is 0. The third-order valence-electron chi connectivity index (χ3n) is 8.32. The molecule has 2 saturated carbocycles. The number of amidine groups is 1. The van der Waals surface area contributed by atoms with Crippen LogP contribution in [0.5, 0.6) is 5.75 Å². The Hall–Kier alpha value is -2.26. The van der Waals surface area contributed by atoms with E-state index in [0.29, 0.717) is 43.2 Å². The lowest BCUT2D eigenvalue weighted by Gasteiger charge is -2.39. The van der Waals surface area contributed by atoms with Crippen LogP contribution < -0.4 is 15.4 Å². The molecule has 0 aromatic heterocycles. The van der Waals surface area contributed by atoms with Crippen molar-refractivity contribution in [2.75, 3.05) is 33.0 Å². The van der Waals surface area contributed by atoms with E-state index in [9.17, 15) is 9.59 Å². The number of rotatable bonds is 8. The van der Waals surface area contributed by atoms with Crippen LogP contribution in [0.1, 0.15) is 69.2 Å². The van der Waals surface area contributed by atoms with E-state index < -0.39 is 0 Å². The fourth-order valence-electron chi connectivity index (χ4n) is 6.41. The van der Waals surface area contributed by atoms with Gasteiger partial charge in [0.05, 0.1) is 6.54 Å². The summed E-state index contributed by atoms with van der Waals surface area (Å²) in [6.07, 6.45) is 8.37. The van der Waals surface area contributed by atoms with Gasteiger partial charge in [0.1, 0.15) is 24.0 Å². The molecule has 4 aliphatic rings. The van der Waals surface area contributed by atoms with Crippen LogP contribution in [0.2, 0.25) is 0 Å². The number of thioether (sulfide) groups is 1. The van der Waals surface area contributed by atoms with Gasteiger partial charge < -0.3 is 25.0 Å². The number of ether oxygens (including phenoxy) is 2. The normalized spacial score (nSPS) is 29.6. The number of carbonyl (C=O) groups is 2. The second-order valence-electron chi connectivity index (χ2n) is 11.2. The maximum Gasteiger partial charge on any atom is 0.253 e. The van der Waals surface area contributed by atoms with Crippen LogP contribution in [0, 0.1) is 17.8 Å². The number of piperidine rings is 1. The van der Waals surface area contributed by atoms with Crippen LogP contribution in [0.25, 0.3) is 0 Å². The Bertz CT molecular complexity index is 1010. The Morgan fingerprint density at radius 1 is 1.22 bits per heavy atom.